The fourth-order valence-electron chi connectivity index (χ4n) is 2.17. The highest BCUT2D eigenvalue weighted by Gasteiger charge is 2.06. The summed E-state index contributed by atoms with van der Waals surface area (Å²) in [5, 5.41) is 3.11. The van der Waals surface area contributed by atoms with Crippen LogP contribution in [0.2, 0.25) is 0 Å². The number of benzene rings is 2. The van der Waals surface area contributed by atoms with Crippen molar-refractivity contribution in [3.05, 3.63) is 76.6 Å². The number of aryl methyl sites for hydroxylation is 1. The van der Waals surface area contributed by atoms with Crippen LogP contribution in [0.4, 0.5) is 11.6 Å². The molecule has 0 unspecified atom stereocenters. The normalized spacial score (nSPS) is 10.3. The summed E-state index contributed by atoms with van der Waals surface area (Å²) in [6.07, 6.45) is 0. The van der Waals surface area contributed by atoms with E-state index in [2.05, 4.69) is 15.3 Å². The van der Waals surface area contributed by atoms with Gasteiger partial charge in [0.2, 0.25) is 5.95 Å². The molecule has 0 spiro atoms. The van der Waals surface area contributed by atoms with Crippen LogP contribution in [0.15, 0.2) is 65.5 Å². The van der Waals surface area contributed by atoms with Gasteiger partial charge in [-0.3, -0.25) is 9.78 Å². The van der Waals surface area contributed by atoms with Crippen molar-refractivity contribution in [2.24, 2.45) is 0 Å². The van der Waals surface area contributed by atoms with Crippen LogP contribution in [-0.2, 0) is 0 Å². The van der Waals surface area contributed by atoms with Gasteiger partial charge in [0, 0.05) is 17.3 Å². The average molecular weight is 277 g/mol. The van der Waals surface area contributed by atoms with Crippen LogP contribution >= 0.6 is 0 Å². The van der Waals surface area contributed by atoms with Crippen LogP contribution in [-0.4, -0.2) is 9.97 Å². The molecule has 3 rings (SSSR count). The minimum absolute atomic E-state index is 0.179. The first-order chi connectivity index (χ1) is 10.2. The lowest BCUT2D eigenvalue weighted by Gasteiger charge is -2.08. The van der Waals surface area contributed by atoms with Crippen LogP contribution in [0.5, 0.6) is 0 Å². The van der Waals surface area contributed by atoms with E-state index in [1.165, 1.54) is 6.07 Å². The van der Waals surface area contributed by atoms with Crippen molar-refractivity contribution in [2.75, 3.05) is 5.32 Å². The van der Waals surface area contributed by atoms with Crippen molar-refractivity contribution in [1.82, 2.24) is 9.97 Å². The fraction of sp³-hybridized carbons (Fsp3) is 0.0588. The molecule has 0 saturated carbocycles. The molecule has 2 N–H and O–H groups in total. The van der Waals surface area contributed by atoms with E-state index in [0.717, 1.165) is 16.8 Å². The lowest BCUT2D eigenvalue weighted by Crippen LogP contribution is -2.10. The Morgan fingerprint density at radius 2 is 1.71 bits per heavy atom. The number of para-hydroxylation sites is 1. The second-order valence-electron chi connectivity index (χ2n) is 4.79. The monoisotopic (exact) mass is 277 g/mol. The Bertz CT molecular complexity index is 810. The van der Waals surface area contributed by atoms with Crippen LogP contribution in [0.25, 0.3) is 11.3 Å². The second-order valence-corrected chi connectivity index (χ2v) is 4.79. The highest BCUT2D eigenvalue weighted by molar-refractivity contribution is 5.65. The SMILES string of the molecule is Cc1ccccc1-c1cc(=O)[nH]c(Nc2ccccc2)n1. The van der Waals surface area contributed by atoms with Crippen molar-refractivity contribution >= 4 is 11.6 Å². The third kappa shape index (κ3) is 3.00. The number of hydrogen-bond acceptors (Lipinski definition) is 3. The zero-order valence-corrected chi connectivity index (χ0v) is 11.6. The summed E-state index contributed by atoms with van der Waals surface area (Å²) in [5.41, 5.74) is 3.40. The highest BCUT2D eigenvalue weighted by atomic mass is 16.1. The van der Waals surface area contributed by atoms with E-state index in [4.69, 9.17) is 0 Å². The molecule has 21 heavy (non-hydrogen) atoms. The minimum Gasteiger partial charge on any atom is -0.326 e. The molecule has 3 aromatic rings. The number of aromatic amines is 1. The van der Waals surface area contributed by atoms with Crippen molar-refractivity contribution < 1.29 is 0 Å². The molecule has 104 valence electrons. The van der Waals surface area contributed by atoms with Gasteiger partial charge in [-0.25, -0.2) is 4.98 Å². The van der Waals surface area contributed by atoms with Crippen LogP contribution in [0.1, 0.15) is 5.56 Å². The summed E-state index contributed by atoms with van der Waals surface area (Å²) < 4.78 is 0. The molecule has 0 atom stereocenters. The van der Waals surface area contributed by atoms with E-state index in [-0.39, 0.29) is 5.56 Å². The number of anilines is 2. The van der Waals surface area contributed by atoms with Gasteiger partial charge in [-0.1, -0.05) is 42.5 Å². The Labute approximate surface area is 122 Å². The Morgan fingerprint density at radius 1 is 1.00 bits per heavy atom. The molecule has 1 aromatic heterocycles. The second kappa shape index (κ2) is 5.63. The Morgan fingerprint density at radius 3 is 2.48 bits per heavy atom. The van der Waals surface area contributed by atoms with Gasteiger partial charge in [-0.2, -0.15) is 0 Å². The van der Waals surface area contributed by atoms with Gasteiger partial charge in [-0.15, -0.1) is 0 Å². The summed E-state index contributed by atoms with van der Waals surface area (Å²) >= 11 is 0. The topological polar surface area (TPSA) is 57.8 Å². The lowest BCUT2D eigenvalue weighted by molar-refractivity contribution is 1.12. The maximum Gasteiger partial charge on any atom is 0.252 e. The molecular formula is C17H15N3O. The molecule has 4 heteroatoms. The Balaban J connectivity index is 2.01. The van der Waals surface area contributed by atoms with E-state index in [1.807, 2.05) is 61.5 Å². The molecule has 0 amide bonds. The first-order valence-corrected chi connectivity index (χ1v) is 6.72. The van der Waals surface area contributed by atoms with E-state index in [0.29, 0.717) is 11.6 Å². The molecule has 0 aliphatic carbocycles. The van der Waals surface area contributed by atoms with Gasteiger partial charge in [0.05, 0.1) is 5.69 Å². The quantitative estimate of drug-likeness (QED) is 0.770. The fourth-order valence-corrected chi connectivity index (χ4v) is 2.17. The standard InChI is InChI=1S/C17H15N3O/c1-12-7-5-6-10-14(12)15-11-16(21)20-17(19-15)18-13-8-3-2-4-9-13/h2-11H,1H3,(H2,18,19,20,21). The maximum absolute atomic E-state index is 11.9. The first kappa shape index (κ1) is 13.1. The molecule has 0 aliphatic heterocycles. The van der Waals surface area contributed by atoms with Gasteiger partial charge in [-0.05, 0) is 24.6 Å². The summed E-state index contributed by atoms with van der Waals surface area (Å²) in [6.45, 7) is 2.00. The molecule has 0 aliphatic rings. The summed E-state index contributed by atoms with van der Waals surface area (Å²) in [7, 11) is 0. The highest BCUT2D eigenvalue weighted by Crippen LogP contribution is 2.21. The van der Waals surface area contributed by atoms with E-state index >= 15 is 0 Å². The van der Waals surface area contributed by atoms with Gasteiger partial charge in [0.1, 0.15) is 0 Å². The molecule has 4 nitrogen and oxygen atoms in total. The van der Waals surface area contributed by atoms with E-state index < -0.39 is 0 Å². The smallest absolute Gasteiger partial charge is 0.252 e. The number of rotatable bonds is 3. The maximum atomic E-state index is 11.9. The van der Waals surface area contributed by atoms with E-state index in [9.17, 15) is 4.79 Å². The minimum atomic E-state index is -0.179. The Kier molecular flexibility index (Phi) is 3.51. The molecule has 0 radical (unpaired) electrons. The van der Waals surface area contributed by atoms with Crippen LogP contribution in [0, 0.1) is 6.92 Å². The molecule has 0 saturated heterocycles. The largest absolute Gasteiger partial charge is 0.326 e. The predicted octanol–water partition coefficient (Wildman–Crippen LogP) is 3.49. The molecule has 2 aromatic carbocycles. The van der Waals surface area contributed by atoms with Gasteiger partial charge < -0.3 is 5.32 Å². The lowest BCUT2D eigenvalue weighted by atomic mass is 10.1. The number of nitrogens with zero attached hydrogens (tertiary/aromatic N) is 1. The zero-order chi connectivity index (χ0) is 14.7. The summed E-state index contributed by atoms with van der Waals surface area (Å²) in [6, 6.07) is 19.0. The van der Waals surface area contributed by atoms with Crippen molar-refractivity contribution in [2.45, 2.75) is 6.92 Å². The zero-order valence-electron chi connectivity index (χ0n) is 11.6. The average Bonchev–Trinajstić information content (AvgIpc) is 2.48. The van der Waals surface area contributed by atoms with Crippen molar-refractivity contribution in [3.63, 3.8) is 0 Å². The van der Waals surface area contributed by atoms with Gasteiger partial charge in [0.15, 0.2) is 0 Å². The number of H-pyrrole nitrogens is 1. The van der Waals surface area contributed by atoms with Crippen LogP contribution < -0.4 is 10.9 Å². The van der Waals surface area contributed by atoms with Crippen molar-refractivity contribution in [1.29, 1.82) is 0 Å². The first-order valence-electron chi connectivity index (χ1n) is 6.72. The predicted molar refractivity (Wildman–Crippen MR) is 84.8 cm³/mol. The van der Waals surface area contributed by atoms with Gasteiger partial charge >= 0.3 is 0 Å². The molecular weight excluding hydrogens is 262 g/mol. The molecule has 0 bridgehead atoms. The summed E-state index contributed by atoms with van der Waals surface area (Å²) in [5.74, 6) is 0.437. The molecule has 1 heterocycles. The number of aromatic nitrogens is 2. The molecule has 0 fully saturated rings. The van der Waals surface area contributed by atoms with Crippen LogP contribution in [0.3, 0.4) is 0 Å². The summed E-state index contributed by atoms with van der Waals surface area (Å²) in [4.78, 5) is 19.1. The Hall–Kier alpha value is -2.88. The van der Waals surface area contributed by atoms with Gasteiger partial charge in [0.25, 0.3) is 5.56 Å². The third-order valence-electron chi connectivity index (χ3n) is 3.20. The number of hydrogen-bond donors (Lipinski definition) is 2. The third-order valence-corrected chi connectivity index (χ3v) is 3.20. The van der Waals surface area contributed by atoms with E-state index in [1.54, 1.807) is 0 Å². The number of nitrogens with one attached hydrogen (secondary N) is 2. The van der Waals surface area contributed by atoms with Crippen molar-refractivity contribution in [3.8, 4) is 11.3 Å².